The molecule has 1 N–H and O–H groups in total. The van der Waals surface area contributed by atoms with Gasteiger partial charge >= 0.3 is 0 Å². The normalized spacial score (nSPS) is 17.9. The topological polar surface area (TPSA) is 79.4 Å². The Morgan fingerprint density at radius 2 is 1.81 bits per heavy atom. The minimum atomic E-state index is -3.84. The second-order valence-corrected chi connectivity index (χ2v) is 8.32. The van der Waals surface area contributed by atoms with Crippen LogP contribution in [0.3, 0.4) is 0 Å². The van der Waals surface area contributed by atoms with Crippen LogP contribution in [0.2, 0.25) is 0 Å². The van der Waals surface area contributed by atoms with Crippen molar-refractivity contribution in [3.05, 3.63) is 66.9 Å². The van der Waals surface area contributed by atoms with Crippen molar-refractivity contribution >= 4 is 32.5 Å². The lowest BCUT2D eigenvalue weighted by Gasteiger charge is -2.23. The summed E-state index contributed by atoms with van der Waals surface area (Å²) >= 11 is 0. The largest absolute Gasteiger partial charge is 0.325 e. The molecule has 1 aliphatic rings. The van der Waals surface area contributed by atoms with Gasteiger partial charge in [0.1, 0.15) is 10.9 Å². The first-order valence-electron chi connectivity index (χ1n) is 8.79. The summed E-state index contributed by atoms with van der Waals surface area (Å²) in [5.74, 6) is -0.310. The number of fused-ring (bicyclic) bond motifs is 1. The van der Waals surface area contributed by atoms with E-state index in [1.54, 1.807) is 36.5 Å². The molecule has 1 amide bonds. The van der Waals surface area contributed by atoms with Gasteiger partial charge in [-0.2, -0.15) is 4.31 Å². The molecule has 0 spiro atoms. The monoisotopic (exact) mass is 381 g/mol. The SMILES string of the molecule is O=C(Nc1ccccc1)[C@@H]1CCCN1S(=O)(=O)c1cccc2cccnc12. The average molecular weight is 381 g/mol. The van der Waals surface area contributed by atoms with Crippen LogP contribution < -0.4 is 5.32 Å². The lowest BCUT2D eigenvalue weighted by molar-refractivity contribution is -0.119. The van der Waals surface area contributed by atoms with Crippen LogP contribution in [0.1, 0.15) is 12.8 Å². The molecule has 0 aliphatic carbocycles. The minimum absolute atomic E-state index is 0.139. The summed E-state index contributed by atoms with van der Waals surface area (Å²) in [5, 5.41) is 3.57. The molecule has 1 atom stereocenters. The Balaban J connectivity index is 1.67. The first-order valence-corrected chi connectivity index (χ1v) is 10.2. The van der Waals surface area contributed by atoms with Gasteiger partial charge in [-0.25, -0.2) is 8.42 Å². The van der Waals surface area contributed by atoms with Crippen molar-refractivity contribution in [2.24, 2.45) is 0 Å². The van der Waals surface area contributed by atoms with Crippen LogP contribution in [0.25, 0.3) is 10.9 Å². The minimum Gasteiger partial charge on any atom is -0.325 e. The zero-order valence-electron chi connectivity index (χ0n) is 14.6. The number of hydrogen-bond acceptors (Lipinski definition) is 4. The van der Waals surface area contributed by atoms with Crippen LogP contribution in [0.15, 0.2) is 71.8 Å². The molecule has 138 valence electrons. The lowest BCUT2D eigenvalue weighted by atomic mass is 10.2. The van der Waals surface area contributed by atoms with E-state index in [0.29, 0.717) is 30.6 Å². The molecule has 27 heavy (non-hydrogen) atoms. The molecule has 1 aliphatic heterocycles. The summed E-state index contributed by atoms with van der Waals surface area (Å²) in [4.78, 5) is 17.1. The fraction of sp³-hybridized carbons (Fsp3) is 0.200. The fourth-order valence-electron chi connectivity index (χ4n) is 3.45. The number of para-hydroxylation sites is 2. The van der Waals surface area contributed by atoms with Gasteiger partial charge < -0.3 is 5.32 Å². The van der Waals surface area contributed by atoms with Crippen molar-refractivity contribution in [2.75, 3.05) is 11.9 Å². The van der Waals surface area contributed by atoms with Crippen LogP contribution in [-0.4, -0.2) is 36.2 Å². The Kier molecular flexibility index (Phi) is 4.63. The number of aromatic nitrogens is 1. The molecule has 3 aromatic rings. The molecule has 0 bridgehead atoms. The number of amides is 1. The van der Waals surface area contributed by atoms with E-state index in [4.69, 9.17) is 0 Å². The summed E-state index contributed by atoms with van der Waals surface area (Å²) in [7, 11) is -3.84. The third-order valence-corrected chi connectivity index (χ3v) is 6.67. The number of hydrogen-bond donors (Lipinski definition) is 1. The number of anilines is 1. The zero-order chi connectivity index (χ0) is 18.9. The summed E-state index contributed by atoms with van der Waals surface area (Å²) < 4.78 is 27.9. The Morgan fingerprint density at radius 3 is 2.63 bits per heavy atom. The second-order valence-electron chi connectivity index (χ2n) is 6.46. The molecule has 2 aromatic carbocycles. The quantitative estimate of drug-likeness (QED) is 0.753. The van der Waals surface area contributed by atoms with E-state index in [9.17, 15) is 13.2 Å². The highest BCUT2D eigenvalue weighted by Gasteiger charge is 2.40. The maximum atomic E-state index is 13.3. The van der Waals surface area contributed by atoms with Crippen LogP contribution in [-0.2, 0) is 14.8 Å². The number of nitrogens with zero attached hydrogens (tertiary/aromatic N) is 2. The molecule has 1 fully saturated rings. The first kappa shape index (κ1) is 17.6. The van der Waals surface area contributed by atoms with Crippen LogP contribution >= 0.6 is 0 Å². The van der Waals surface area contributed by atoms with Gasteiger partial charge in [0, 0.05) is 23.8 Å². The van der Waals surface area contributed by atoms with Crippen molar-refractivity contribution in [2.45, 2.75) is 23.8 Å². The average Bonchev–Trinajstić information content (AvgIpc) is 3.19. The maximum absolute atomic E-state index is 13.3. The van der Waals surface area contributed by atoms with Gasteiger partial charge in [-0.05, 0) is 37.1 Å². The van der Waals surface area contributed by atoms with Crippen molar-refractivity contribution in [1.82, 2.24) is 9.29 Å². The third-order valence-electron chi connectivity index (χ3n) is 4.73. The Labute approximate surface area is 157 Å². The molecule has 0 unspecified atom stereocenters. The molecule has 0 radical (unpaired) electrons. The number of carbonyl (C=O) groups is 1. The predicted molar refractivity (Wildman–Crippen MR) is 104 cm³/mol. The highest BCUT2D eigenvalue weighted by molar-refractivity contribution is 7.89. The standard InChI is InChI=1S/C20H19N3O3S/c24-20(22-16-9-2-1-3-10-16)17-11-6-14-23(17)27(25,26)18-12-4-7-15-8-5-13-21-19(15)18/h1-5,7-10,12-13,17H,6,11,14H2,(H,22,24)/t17-/m0/s1. The van der Waals surface area contributed by atoms with E-state index in [0.717, 1.165) is 5.39 Å². The van der Waals surface area contributed by atoms with Gasteiger partial charge in [0.15, 0.2) is 0 Å². The number of nitrogens with one attached hydrogen (secondary N) is 1. The van der Waals surface area contributed by atoms with Crippen molar-refractivity contribution in [3.63, 3.8) is 0 Å². The number of pyridine rings is 1. The molecule has 4 rings (SSSR count). The van der Waals surface area contributed by atoms with Gasteiger partial charge in [-0.3, -0.25) is 9.78 Å². The maximum Gasteiger partial charge on any atom is 0.245 e. The molecule has 7 heteroatoms. The summed E-state index contributed by atoms with van der Waals surface area (Å²) in [6.07, 6.45) is 2.71. The van der Waals surface area contributed by atoms with E-state index in [2.05, 4.69) is 10.3 Å². The lowest BCUT2D eigenvalue weighted by Crippen LogP contribution is -2.43. The van der Waals surface area contributed by atoms with Crippen molar-refractivity contribution in [3.8, 4) is 0 Å². The molecule has 1 aromatic heterocycles. The van der Waals surface area contributed by atoms with E-state index >= 15 is 0 Å². The fourth-order valence-corrected chi connectivity index (χ4v) is 5.27. The highest BCUT2D eigenvalue weighted by Crippen LogP contribution is 2.30. The first-order chi connectivity index (χ1) is 13.1. The van der Waals surface area contributed by atoms with Gasteiger partial charge in [-0.1, -0.05) is 36.4 Å². The van der Waals surface area contributed by atoms with Crippen LogP contribution in [0.5, 0.6) is 0 Å². The molecule has 6 nitrogen and oxygen atoms in total. The Bertz CT molecular complexity index is 1080. The third kappa shape index (κ3) is 3.31. The van der Waals surface area contributed by atoms with Crippen molar-refractivity contribution < 1.29 is 13.2 Å². The van der Waals surface area contributed by atoms with E-state index in [1.807, 2.05) is 30.3 Å². The van der Waals surface area contributed by atoms with Gasteiger partial charge in [0.05, 0.1) is 5.52 Å². The Morgan fingerprint density at radius 1 is 1.04 bits per heavy atom. The van der Waals surface area contributed by atoms with Crippen LogP contribution in [0.4, 0.5) is 5.69 Å². The number of benzene rings is 2. The predicted octanol–water partition coefficient (Wildman–Crippen LogP) is 3.03. The Hall–Kier alpha value is -2.77. The van der Waals surface area contributed by atoms with Gasteiger partial charge in [0.25, 0.3) is 0 Å². The van der Waals surface area contributed by atoms with Gasteiger partial charge in [-0.15, -0.1) is 0 Å². The smallest absolute Gasteiger partial charge is 0.245 e. The van der Waals surface area contributed by atoms with E-state index in [1.165, 1.54) is 4.31 Å². The highest BCUT2D eigenvalue weighted by atomic mass is 32.2. The van der Waals surface area contributed by atoms with Crippen molar-refractivity contribution in [1.29, 1.82) is 0 Å². The number of rotatable bonds is 4. The number of carbonyl (C=O) groups excluding carboxylic acids is 1. The summed E-state index contributed by atoms with van der Waals surface area (Å²) in [6.45, 7) is 0.318. The van der Waals surface area contributed by atoms with Gasteiger partial charge in [0.2, 0.25) is 15.9 Å². The van der Waals surface area contributed by atoms with Crippen LogP contribution in [0, 0.1) is 0 Å². The summed E-state index contributed by atoms with van der Waals surface area (Å²) in [6, 6.07) is 17.0. The summed E-state index contributed by atoms with van der Waals surface area (Å²) in [5.41, 5.74) is 1.08. The zero-order valence-corrected chi connectivity index (χ0v) is 15.4. The molecule has 1 saturated heterocycles. The molecule has 2 heterocycles. The molecular weight excluding hydrogens is 362 g/mol. The molecule has 0 saturated carbocycles. The molecular formula is C20H19N3O3S. The van der Waals surface area contributed by atoms with E-state index < -0.39 is 16.1 Å². The number of sulfonamides is 1. The second kappa shape index (κ2) is 7.09. The van der Waals surface area contributed by atoms with E-state index in [-0.39, 0.29) is 10.8 Å².